The molecule has 4 N–H and O–H groups in total. The number of tetrazole rings is 1. The van der Waals surface area contributed by atoms with Crippen LogP contribution in [-0.2, 0) is 42.0 Å². The summed E-state index contributed by atoms with van der Waals surface area (Å²) in [7, 11) is 0. The van der Waals surface area contributed by atoms with E-state index in [0.29, 0.717) is 16.9 Å². The highest BCUT2D eigenvalue weighted by Crippen LogP contribution is 2.41. The minimum absolute atomic E-state index is 0.0379. The molecule has 0 saturated carbocycles. The number of anilines is 1. The number of hydrogen-bond acceptors (Lipinski definition) is 16. The summed E-state index contributed by atoms with van der Waals surface area (Å²) >= 11 is 2.52. The normalized spacial score (nSPS) is 17.9. The van der Waals surface area contributed by atoms with Gasteiger partial charge in [0.15, 0.2) is 10.8 Å². The molecule has 5 rings (SSSR count). The Morgan fingerprint density at radius 3 is 2.56 bits per heavy atom. The number of aromatic nitrogens is 5. The summed E-state index contributed by atoms with van der Waals surface area (Å²) in [4.78, 5) is 82.5. The second kappa shape index (κ2) is 15.8. The van der Waals surface area contributed by atoms with Gasteiger partial charge in [-0.05, 0) is 33.7 Å². The van der Waals surface area contributed by atoms with E-state index in [4.69, 9.17) is 9.94 Å². The number of alkyl halides is 3. The molecule has 2 aliphatic rings. The highest BCUT2D eigenvalue weighted by atomic mass is 32.2. The van der Waals surface area contributed by atoms with E-state index in [9.17, 15) is 51.5 Å². The van der Waals surface area contributed by atoms with Crippen LogP contribution < -0.4 is 10.6 Å². The number of thiazole rings is 1. The van der Waals surface area contributed by atoms with Crippen LogP contribution in [0.15, 0.2) is 56.4 Å². The number of carbonyl (C=O) groups excluding carboxylic acids is 3. The molecule has 26 heteroatoms. The zero-order valence-corrected chi connectivity index (χ0v) is 28.0. The Hall–Kier alpha value is -5.50. The van der Waals surface area contributed by atoms with Gasteiger partial charge in [-0.1, -0.05) is 34.2 Å². The highest BCUT2D eigenvalue weighted by Gasteiger charge is 2.54. The number of rotatable bonds is 15. The van der Waals surface area contributed by atoms with Crippen LogP contribution in [-0.4, -0.2) is 111 Å². The summed E-state index contributed by atoms with van der Waals surface area (Å²) in [6.45, 7) is -0.781. The standard InChI is InChI=1S/C26H20F4N10O9S3/c27-12-3-1-10(2-4-12)6-49-36-15(14-9-51-24(31-14)33-23(47)26(28,29)30)18(41)32-16-19(42)40-17(22(45)46)11(7-50-20(16)40)8-52-25-34-37-38-39(25)5-13(35-48)21(43)44/h1-4,9,13,16,20H,5-8H2,(H,32,41)(H,43,44)(H,45,46)(H,31,33,47)/t13?,16?,20-/m0/s1. The molecule has 1 saturated heterocycles. The molecule has 3 aromatic rings. The van der Waals surface area contributed by atoms with E-state index < -0.39 is 76.5 Å². The maximum Gasteiger partial charge on any atom is 0.471 e. The molecule has 2 aliphatic heterocycles. The third-order valence-corrected chi connectivity index (χ3v) is 10.0. The van der Waals surface area contributed by atoms with Crippen molar-refractivity contribution in [1.29, 1.82) is 0 Å². The fraction of sp³-hybridized carbons (Fsp3) is 0.308. The fourth-order valence-corrected chi connectivity index (χ4v) is 7.52. The number of fused-ring (bicyclic) bond motifs is 1. The van der Waals surface area contributed by atoms with Gasteiger partial charge in [0.1, 0.15) is 35.2 Å². The van der Waals surface area contributed by atoms with Gasteiger partial charge < -0.3 is 20.4 Å². The molecule has 2 unspecified atom stereocenters. The molecule has 274 valence electrons. The molecule has 1 fully saturated rings. The third kappa shape index (κ3) is 8.51. The van der Waals surface area contributed by atoms with Gasteiger partial charge >= 0.3 is 24.0 Å². The minimum atomic E-state index is -5.23. The Kier molecular flexibility index (Phi) is 11.5. The van der Waals surface area contributed by atoms with Crippen LogP contribution in [0.5, 0.6) is 0 Å². The van der Waals surface area contributed by atoms with E-state index in [0.717, 1.165) is 50.6 Å². The summed E-state index contributed by atoms with van der Waals surface area (Å²) in [5.41, 5.74) is -0.667. The van der Waals surface area contributed by atoms with E-state index in [1.165, 1.54) is 12.1 Å². The summed E-state index contributed by atoms with van der Waals surface area (Å²) in [6.07, 6.45) is -5.23. The molecule has 0 bridgehead atoms. The quantitative estimate of drug-likeness (QED) is 0.0424. The van der Waals surface area contributed by atoms with Crippen LogP contribution in [0.1, 0.15) is 11.3 Å². The number of carboxylic acids is 2. The lowest BCUT2D eigenvalue weighted by Crippen LogP contribution is -2.71. The summed E-state index contributed by atoms with van der Waals surface area (Å²) in [6, 6.07) is 2.01. The molecule has 3 atom stereocenters. The number of nitroso groups, excluding NO2 is 1. The molecule has 1 aromatic carbocycles. The van der Waals surface area contributed by atoms with Gasteiger partial charge in [-0.3, -0.25) is 24.6 Å². The third-order valence-electron chi connectivity index (χ3n) is 6.91. The molecule has 4 heterocycles. The van der Waals surface area contributed by atoms with Crippen molar-refractivity contribution in [2.45, 2.75) is 41.9 Å². The van der Waals surface area contributed by atoms with Gasteiger partial charge in [-0.15, -0.1) is 33.1 Å². The Labute approximate surface area is 298 Å². The first kappa shape index (κ1) is 37.7. The second-order valence-corrected chi connectivity index (χ2v) is 13.2. The van der Waals surface area contributed by atoms with Gasteiger partial charge in [-0.2, -0.15) is 13.2 Å². The van der Waals surface area contributed by atoms with Crippen molar-refractivity contribution >= 4 is 75.4 Å². The van der Waals surface area contributed by atoms with Gasteiger partial charge in [0.05, 0.1) is 6.54 Å². The molecule has 0 radical (unpaired) electrons. The van der Waals surface area contributed by atoms with Crippen molar-refractivity contribution < 1.29 is 56.6 Å². The number of nitrogens with one attached hydrogen (secondary N) is 2. The Morgan fingerprint density at radius 1 is 1.17 bits per heavy atom. The Bertz CT molecular complexity index is 1970. The fourth-order valence-electron chi connectivity index (χ4n) is 4.45. The van der Waals surface area contributed by atoms with Gasteiger partial charge in [-0.25, -0.2) is 23.6 Å². The predicted molar refractivity (Wildman–Crippen MR) is 170 cm³/mol. The monoisotopic (exact) mass is 788 g/mol. The van der Waals surface area contributed by atoms with E-state index in [1.54, 1.807) is 5.32 Å². The number of carbonyl (C=O) groups is 5. The molecule has 0 aliphatic carbocycles. The zero-order valence-electron chi connectivity index (χ0n) is 25.5. The van der Waals surface area contributed by atoms with Crippen molar-refractivity contribution in [1.82, 2.24) is 35.4 Å². The average molecular weight is 789 g/mol. The second-order valence-electron chi connectivity index (χ2n) is 10.3. The lowest BCUT2D eigenvalue weighted by molar-refractivity contribution is -0.167. The van der Waals surface area contributed by atoms with Crippen LogP contribution in [0, 0.1) is 10.7 Å². The minimum Gasteiger partial charge on any atom is -0.480 e. The number of halogens is 4. The van der Waals surface area contributed by atoms with Crippen molar-refractivity contribution in [2.24, 2.45) is 10.3 Å². The summed E-state index contributed by atoms with van der Waals surface area (Å²) in [5.74, 6) is -7.78. The molecule has 19 nitrogen and oxygen atoms in total. The van der Waals surface area contributed by atoms with Crippen LogP contribution in [0.3, 0.4) is 0 Å². The average Bonchev–Trinajstić information content (AvgIpc) is 3.75. The number of hydrogen-bond donors (Lipinski definition) is 4. The number of thioether (sulfide) groups is 2. The first-order valence-electron chi connectivity index (χ1n) is 14.1. The molecule has 52 heavy (non-hydrogen) atoms. The maximum absolute atomic E-state index is 13.5. The van der Waals surface area contributed by atoms with Crippen molar-refractivity contribution in [3.63, 3.8) is 0 Å². The molecule has 3 amide bonds. The highest BCUT2D eigenvalue weighted by molar-refractivity contribution is 8.01. The van der Waals surface area contributed by atoms with Crippen LogP contribution in [0.25, 0.3) is 0 Å². The Morgan fingerprint density at radius 2 is 1.90 bits per heavy atom. The van der Waals surface area contributed by atoms with Gasteiger partial charge in [0.25, 0.3) is 11.8 Å². The predicted octanol–water partition coefficient (Wildman–Crippen LogP) is 1.44. The summed E-state index contributed by atoms with van der Waals surface area (Å²) in [5, 5.41) is 39.8. The van der Waals surface area contributed by atoms with E-state index >= 15 is 0 Å². The van der Waals surface area contributed by atoms with Gasteiger partial charge in [0.2, 0.25) is 11.2 Å². The Balaban J connectivity index is 1.31. The zero-order chi connectivity index (χ0) is 37.7. The van der Waals surface area contributed by atoms with E-state index in [-0.39, 0.29) is 40.2 Å². The number of nitrogens with zero attached hydrogens (tertiary/aromatic N) is 8. The van der Waals surface area contributed by atoms with Crippen LogP contribution in [0.2, 0.25) is 0 Å². The first-order chi connectivity index (χ1) is 24.7. The number of benzene rings is 1. The molecular weight excluding hydrogens is 769 g/mol. The molecule has 2 aromatic heterocycles. The number of oxime groups is 1. The smallest absolute Gasteiger partial charge is 0.471 e. The molecule has 0 spiro atoms. The largest absolute Gasteiger partial charge is 0.480 e. The van der Waals surface area contributed by atoms with Crippen molar-refractivity contribution in [3.8, 4) is 0 Å². The number of amides is 3. The molecular formula is C26H20F4N10O9S3. The first-order valence-corrected chi connectivity index (χ1v) is 17.0. The number of β-lactam (4-membered cyclic amide) rings is 1. The van der Waals surface area contributed by atoms with Gasteiger partial charge in [0, 0.05) is 16.9 Å². The van der Waals surface area contributed by atoms with E-state index in [1.807, 2.05) is 0 Å². The lowest BCUT2D eigenvalue weighted by Gasteiger charge is -2.49. The number of carboxylic acid groups (broad SMARTS) is 2. The van der Waals surface area contributed by atoms with Crippen LogP contribution in [0.4, 0.5) is 22.7 Å². The lowest BCUT2D eigenvalue weighted by atomic mass is 10.0. The summed E-state index contributed by atoms with van der Waals surface area (Å²) < 4.78 is 52.6. The van der Waals surface area contributed by atoms with E-state index in [2.05, 4.69) is 36.2 Å². The SMILES string of the molecule is O=NC(Cn1nnnc1SCC1=C(C(=O)O)N2C(=O)C(NC(=O)C(=NOCc3ccc(F)cc3)c3csc(NC(=O)C(F)(F)F)n3)[C@@H]2SC1)C(=O)O. The van der Waals surface area contributed by atoms with Crippen LogP contribution >= 0.6 is 34.9 Å². The topological polar surface area (TPSA) is 261 Å². The maximum atomic E-state index is 13.5. The van der Waals surface area contributed by atoms with Crippen molar-refractivity contribution in [2.75, 3.05) is 16.8 Å². The van der Waals surface area contributed by atoms with Crippen molar-refractivity contribution in [3.05, 3.63) is 62.9 Å². The number of aliphatic carboxylic acids is 2.